The first-order valence-corrected chi connectivity index (χ1v) is 9.63. The van der Waals surface area contributed by atoms with Gasteiger partial charge >= 0.3 is 5.76 Å². The third-order valence-corrected chi connectivity index (χ3v) is 5.80. The van der Waals surface area contributed by atoms with Gasteiger partial charge in [-0.05, 0) is 43.0 Å². The molecule has 0 saturated carbocycles. The van der Waals surface area contributed by atoms with Crippen LogP contribution >= 0.6 is 0 Å². The first-order chi connectivity index (χ1) is 12.4. The predicted molar refractivity (Wildman–Crippen MR) is 92.5 cm³/mol. The third kappa shape index (κ3) is 3.08. The maximum Gasteiger partial charge on any atom is 0.417 e. The van der Waals surface area contributed by atoms with Gasteiger partial charge in [0, 0.05) is 12.6 Å². The highest BCUT2D eigenvalue weighted by molar-refractivity contribution is 7.89. The molecule has 0 fully saturated rings. The highest BCUT2D eigenvalue weighted by Gasteiger charge is 2.17. The van der Waals surface area contributed by atoms with Crippen LogP contribution in [0.4, 0.5) is 0 Å². The van der Waals surface area contributed by atoms with Gasteiger partial charge < -0.3 is 4.42 Å². The quantitative estimate of drug-likeness (QED) is 0.652. The van der Waals surface area contributed by atoms with Crippen molar-refractivity contribution in [3.8, 4) is 0 Å². The van der Waals surface area contributed by atoms with E-state index in [1.165, 1.54) is 22.9 Å². The number of oxazole rings is 1. The Hall–Kier alpha value is -2.72. The molecule has 0 unspecified atom stereocenters. The van der Waals surface area contributed by atoms with E-state index in [-0.39, 0.29) is 29.1 Å². The van der Waals surface area contributed by atoms with Gasteiger partial charge in [0.15, 0.2) is 5.58 Å². The van der Waals surface area contributed by atoms with Crippen LogP contribution in [0, 0.1) is 0 Å². The lowest BCUT2D eigenvalue weighted by atomic mass is 10.2. The smallest absolute Gasteiger partial charge is 0.408 e. The van der Waals surface area contributed by atoms with Crippen LogP contribution in [0.15, 0.2) is 43.2 Å². The zero-order valence-electron chi connectivity index (χ0n) is 13.7. The Morgan fingerprint density at radius 3 is 2.92 bits per heavy atom. The maximum atomic E-state index is 12.4. The molecule has 10 heteroatoms. The molecule has 0 atom stereocenters. The second-order valence-electron chi connectivity index (χ2n) is 6.10. The second-order valence-corrected chi connectivity index (χ2v) is 7.87. The number of nitrogens with zero attached hydrogens (tertiary/aromatic N) is 2. The van der Waals surface area contributed by atoms with Crippen LogP contribution in [0.2, 0.25) is 0 Å². The summed E-state index contributed by atoms with van der Waals surface area (Å²) in [4.78, 5) is 25.6. The van der Waals surface area contributed by atoms with Crippen LogP contribution in [-0.4, -0.2) is 29.7 Å². The molecule has 4 rings (SSSR count). The van der Waals surface area contributed by atoms with Gasteiger partial charge in [-0.3, -0.25) is 9.78 Å². The number of benzene rings is 1. The summed E-state index contributed by atoms with van der Waals surface area (Å²) in [5, 5.41) is 4.31. The van der Waals surface area contributed by atoms with Gasteiger partial charge in [0.05, 0.1) is 22.7 Å². The van der Waals surface area contributed by atoms with E-state index in [0.717, 1.165) is 30.5 Å². The third-order valence-electron chi connectivity index (χ3n) is 4.34. The summed E-state index contributed by atoms with van der Waals surface area (Å²) in [5.74, 6) is -0.649. The minimum atomic E-state index is -3.79. The molecule has 26 heavy (non-hydrogen) atoms. The van der Waals surface area contributed by atoms with Gasteiger partial charge in [-0.25, -0.2) is 22.6 Å². The van der Waals surface area contributed by atoms with Crippen LogP contribution in [0.25, 0.3) is 11.1 Å². The fraction of sp³-hybridized carbons (Fsp3) is 0.312. The minimum absolute atomic E-state index is 0.00342. The zero-order chi connectivity index (χ0) is 18.3. The summed E-state index contributed by atoms with van der Waals surface area (Å²) in [5.41, 5.74) is 2.23. The minimum Gasteiger partial charge on any atom is -0.408 e. The lowest BCUT2D eigenvalue weighted by Crippen LogP contribution is -2.32. The highest BCUT2D eigenvalue weighted by Crippen LogP contribution is 2.17. The molecule has 2 aromatic heterocycles. The summed E-state index contributed by atoms with van der Waals surface area (Å²) >= 11 is 0. The van der Waals surface area contributed by atoms with Crippen molar-refractivity contribution in [2.24, 2.45) is 0 Å². The monoisotopic (exact) mass is 376 g/mol. The largest absolute Gasteiger partial charge is 0.417 e. The number of sulfonamides is 1. The molecular formula is C16H16N4O5S. The van der Waals surface area contributed by atoms with Crippen molar-refractivity contribution < 1.29 is 12.8 Å². The molecule has 2 N–H and O–H groups in total. The summed E-state index contributed by atoms with van der Waals surface area (Å²) in [7, 11) is -3.79. The Morgan fingerprint density at radius 2 is 2.08 bits per heavy atom. The normalized spacial score (nSPS) is 14.0. The van der Waals surface area contributed by atoms with Crippen molar-refractivity contribution in [3.05, 3.63) is 56.4 Å². The maximum absolute atomic E-state index is 12.4. The Kier molecular flexibility index (Phi) is 4.00. The SMILES string of the molecule is O=c1[nH]c2cc(S(=O)(=O)NCCn3nc4c(cc3=O)CCC4)ccc2o1. The van der Waals surface area contributed by atoms with Crippen LogP contribution in [-0.2, 0) is 29.4 Å². The van der Waals surface area contributed by atoms with Crippen molar-refractivity contribution >= 4 is 21.1 Å². The van der Waals surface area contributed by atoms with Crippen molar-refractivity contribution in [2.45, 2.75) is 30.7 Å². The van der Waals surface area contributed by atoms with Crippen molar-refractivity contribution in [1.82, 2.24) is 19.5 Å². The van der Waals surface area contributed by atoms with E-state index in [2.05, 4.69) is 14.8 Å². The number of H-pyrrole nitrogens is 1. The molecule has 2 heterocycles. The average molecular weight is 376 g/mol. The number of aromatic nitrogens is 3. The molecule has 0 amide bonds. The molecule has 0 spiro atoms. The van der Waals surface area contributed by atoms with Crippen molar-refractivity contribution in [2.75, 3.05) is 6.54 Å². The molecule has 1 aliphatic rings. The first kappa shape index (κ1) is 16.7. The number of fused-ring (bicyclic) bond motifs is 2. The van der Waals surface area contributed by atoms with Gasteiger partial charge in [0.2, 0.25) is 10.0 Å². The Bertz CT molecular complexity index is 1210. The zero-order valence-corrected chi connectivity index (χ0v) is 14.5. The molecule has 1 aliphatic carbocycles. The van der Waals surface area contributed by atoms with E-state index in [0.29, 0.717) is 5.52 Å². The fourth-order valence-electron chi connectivity index (χ4n) is 3.07. The van der Waals surface area contributed by atoms with E-state index in [4.69, 9.17) is 4.42 Å². The van der Waals surface area contributed by atoms with Gasteiger partial charge in [-0.1, -0.05) is 0 Å². The number of rotatable bonds is 5. The highest BCUT2D eigenvalue weighted by atomic mass is 32.2. The fourth-order valence-corrected chi connectivity index (χ4v) is 4.11. The molecule has 0 aliphatic heterocycles. The lowest BCUT2D eigenvalue weighted by molar-refractivity contribution is 0.541. The number of hydrogen-bond acceptors (Lipinski definition) is 6. The van der Waals surface area contributed by atoms with E-state index in [1.54, 1.807) is 6.07 Å². The van der Waals surface area contributed by atoms with Crippen LogP contribution in [0.1, 0.15) is 17.7 Å². The Labute approximate surface area is 147 Å². The molecular weight excluding hydrogens is 360 g/mol. The molecule has 1 aromatic carbocycles. The lowest BCUT2D eigenvalue weighted by Gasteiger charge is -2.09. The molecule has 0 radical (unpaired) electrons. The summed E-state index contributed by atoms with van der Waals surface area (Å²) in [6, 6.07) is 5.66. The number of aromatic amines is 1. The van der Waals surface area contributed by atoms with Gasteiger partial charge in [-0.2, -0.15) is 5.10 Å². The standard InChI is InChI=1S/C16H16N4O5S/c21-15-8-10-2-1-3-12(10)19-20(15)7-6-17-26(23,24)11-4-5-14-13(9-11)18-16(22)25-14/h4-5,8-9,17H,1-3,6-7H2,(H,18,22). The van der Waals surface area contributed by atoms with Crippen molar-refractivity contribution in [1.29, 1.82) is 0 Å². The molecule has 0 saturated heterocycles. The van der Waals surface area contributed by atoms with Crippen LogP contribution in [0.5, 0.6) is 0 Å². The van der Waals surface area contributed by atoms with E-state index >= 15 is 0 Å². The number of hydrogen-bond donors (Lipinski definition) is 2. The number of aryl methyl sites for hydroxylation is 2. The second kappa shape index (κ2) is 6.22. The van der Waals surface area contributed by atoms with E-state index in [9.17, 15) is 18.0 Å². The Morgan fingerprint density at radius 1 is 1.23 bits per heavy atom. The van der Waals surface area contributed by atoms with E-state index in [1.807, 2.05) is 0 Å². The summed E-state index contributed by atoms with van der Waals surface area (Å²) < 4.78 is 33.4. The average Bonchev–Trinajstić information content (AvgIpc) is 3.18. The van der Waals surface area contributed by atoms with Crippen molar-refractivity contribution in [3.63, 3.8) is 0 Å². The van der Waals surface area contributed by atoms with Crippen LogP contribution in [0.3, 0.4) is 0 Å². The molecule has 0 bridgehead atoms. The summed E-state index contributed by atoms with van der Waals surface area (Å²) in [6.45, 7) is 0.157. The summed E-state index contributed by atoms with van der Waals surface area (Å²) in [6.07, 6.45) is 2.69. The first-order valence-electron chi connectivity index (χ1n) is 8.15. The van der Waals surface area contributed by atoms with E-state index < -0.39 is 15.8 Å². The topological polar surface area (TPSA) is 127 Å². The van der Waals surface area contributed by atoms with Gasteiger partial charge in [0.1, 0.15) is 0 Å². The van der Waals surface area contributed by atoms with Gasteiger partial charge in [-0.15, -0.1) is 0 Å². The molecule has 136 valence electrons. The Balaban J connectivity index is 1.49. The number of nitrogens with one attached hydrogen (secondary N) is 2. The van der Waals surface area contributed by atoms with Crippen LogP contribution < -0.4 is 16.0 Å². The van der Waals surface area contributed by atoms with Gasteiger partial charge in [0.25, 0.3) is 5.56 Å². The predicted octanol–water partition coefficient (Wildman–Crippen LogP) is 0.145. The molecule has 3 aromatic rings. The molecule has 9 nitrogen and oxygen atoms in total.